The van der Waals surface area contributed by atoms with E-state index in [2.05, 4.69) is 15.1 Å². The molecule has 4 aromatic rings. The van der Waals surface area contributed by atoms with E-state index in [1.54, 1.807) is 28.7 Å². The molecular weight excluding hydrogens is 456 g/mol. The molecule has 174 valence electrons. The number of carbonyl (C=O) groups is 2. The second kappa shape index (κ2) is 9.10. The minimum atomic E-state index is -0.964. The zero-order chi connectivity index (χ0) is 23.7. The van der Waals surface area contributed by atoms with E-state index >= 15 is 0 Å². The maximum absolute atomic E-state index is 13.4. The highest BCUT2D eigenvalue weighted by Crippen LogP contribution is 2.29. The number of nitrogens with zero attached hydrogens (tertiary/aromatic N) is 6. The molecular formula is C23H22N6O4S. The van der Waals surface area contributed by atoms with Crippen molar-refractivity contribution < 1.29 is 19.4 Å². The van der Waals surface area contributed by atoms with Gasteiger partial charge in [0.05, 0.1) is 11.8 Å². The van der Waals surface area contributed by atoms with Crippen molar-refractivity contribution in [3.05, 3.63) is 59.9 Å². The first-order chi connectivity index (χ1) is 16.5. The number of likely N-dealkylation sites (tertiary alicyclic amines) is 1. The third-order valence-electron chi connectivity index (χ3n) is 5.86. The van der Waals surface area contributed by atoms with Crippen LogP contribution in [-0.2, 0) is 0 Å². The summed E-state index contributed by atoms with van der Waals surface area (Å²) in [5, 5.41) is 15.5. The van der Waals surface area contributed by atoms with Gasteiger partial charge in [-0.1, -0.05) is 18.2 Å². The zero-order valence-corrected chi connectivity index (χ0v) is 19.2. The number of rotatable bonds is 5. The Morgan fingerprint density at radius 3 is 2.68 bits per heavy atom. The van der Waals surface area contributed by atoms with Crippen LogP contribution in [-0.4, -0.2) is 72.7 Å². The van der Waals surface area contributed by atoms with E-state index in [1.165, 1.54) is 16.2 Å². The molecule has 34 heavy (non-hydrogen) atoms. The standard InChI is InChI=1S/C23H22N6O4S/c1-27(23(31)32)15-7-9-28(10-8-15)21(30)18-13-19(33-16-5-3-2-4-6-16)26-20(25-18)17-14-24-29-11-12-34-22(17)29/h2-6,11-15H,7-10H2,1H3,(H,31,32). The summed E-state index contributed by atoms with van der Waals surface area (Å²) in [6.45, 7) is 0.885. The molecule has 1 saturated heterocycles. The van der Waals surface area contributed by atoms with Crippen LogP contribution in [0.1, 0.15) is 23.3 Å². The van der Waals surface area contributed by atoms with E-state index in [4.69, 9.17) is 4.74 Å². The number of aromatic nitrogens is 4. The molecule has 1 N–H and O–H groups in total. The van der Waals surface area contributed by atoms with Gasteiger partial charge in [0.1, 0.15) is 16.3 Å². The third kappa shape index (κ3) is 4.29. The molecule has 10 nitrogen and oxygen atoms in total. The zero-order valence-electron chi connectivity index (χ0n) is 18.4. The molecule has 3 aromatic heterocycles. The predicted octanol–water partition coefficient (Wildman–Crippen LogP) is 3.86. The molecule has 11 heteroatoms. The molecule has 5 rings (SSSR count). The van der Waals surface area contributed by atoms with Crippen molar-refractivity contribution in [2.45, 2.75) is 18.9 Å². The van der Waals surface area contributed by atoms with Crippen LogP contribution < -0.4 is 4.74 Å². The van der Waals surface area contributed by atoms with Crippen molar-refractivity contribution in [3.63, 3.8) is 0 Å². The summed E-state index contributed by atoms with van der Waals surface area (Å²) >= 11 is 1.50. The summed E-state index contributed by atoms with van der Waals surface area (Å²) in [6, 6.07) is 10.7. The van der Waals surface area contributed by atoms with E-state index in [1.807, 2.05) is 41.9 Å². The largest absolute Gasteiger partial charge is 0.465 e. The van der Waals surface area contributed by atoms with Crippen LogP contribution in [0, 0.1) is 0 Å². The average molecular weight is 479 g/mol. The number of hydrogen-bond acceptors (Lipinski definition) is 7. The lowest BCUT2D eigenvalue weighted by molar-refractivity contribution is 0.0638. The van der Waals surface area contributed by atoms with Crippen molar-refractivity contribution in [3.8, 4) is 23.0 Å². The highest BCUT2D eigenvalue weighted by atomic mass is 32.1. The van der Waals surface area contributed by atoms with Crippen molar-refractivity contribution in [1.29, 1.82) is 0 Å². The molecule has 0 aliphatic carbocycles. The molecule has 1 aliphatic heterocycles. The van der Waals surface area contributed by atoms with E-state index in [9.17, 15) is 14.7 Å². The Balaban J connectivity index is 1.45. The number of carboxylic acid groups (broad SMARTS) is 1. The molecule has 0 atom stereocenters. The summed E-state index contributed by atoms with van der Waals surface area (Å²) in [7, 11) is 1.56. The predicted molar refractivity (Wildman–Crippen MR) is 125 cm³/mol. The van der Waals surface area contributed by atoms with Gasteiger partial charge in [-0.2, -0.15) is 10.1 Å². The van der Waals surface area contributed by atoms with Gasteiger partial charge in [0.2, 0.25) is 5.88 Å². The van der Waals surface area contributed by atoms with Crippen LogP contribution in [0.2, 0.25) is 0 Å². The van der Waals surface area contributed by atoms with Crippen LogP contribution in [0.25, 0.3) is 16.2 Å². The second-order valence-corrected chi connectivity index (χ2v) is 8.85. The SMILES string of the molecule is CN(C(=O)O)C1CCN(C(=O)c2cc(Oc3ccccc3)nc(-c3cnn4ccsc34)n2)CC1. The number of benzene rings is 1. The van der Waals surface area contributed by atoms with Crippen LogP contribution in [0.5, 0.6) is 11.6 Å². The number of hydrogen-bond donors (Lipinski definition) is 1. The van der Waals surface area contributed by atoms with E-state index in [0.29, 0.717) is 43.1 Å². The number of thiazole rings is 1. The van der Waals surface area contributed by atoms with Gasteiger partial charge in [0.15, 0.2) is 5.82 Å². The maximum atomic E-state index is 13.4. The van der Waals surface area contributed by atoms with Gasteiger partial charge in [-0.3, -0.25) is 4.79 Å². The van der Waals surface area contributed by atoms with E-state index < -0.39 is 6.09 Å². The second-order valence-electron chi connectivity index (χ2n) is 7.96. The maximum Gasteiger partial charge on any atom is 0.407 e. The first-order valence-electron chi connectivity index (χ1n) is 10.8. The molecule has 1 aromatic carbocycles. The Morgan fingerprint density at radius 1 is 1.18 bits per heavy atom. The minimum Gasteiger partial charge on any atom is -0.465 e. The highest BCUT2D eigenvalue weighted by molar-refractivity contribution is 7.16. The number of amides is 2. The lowest BCUT2D eigenvalue weighted by atomic mass is 10.0. The minimum absolute atomic E-state index is 0.112. The topological polar surface area (TPSA) is 113 Å². The quantitative estimate of drug-likeness (QED) is 0.463. The van der Waals surface area contributed by atoms with Crippen molar-refractivity contribution in [1.82, 2.24) is 29.4 Å². The van der Waals surface area contributed by atoms with Crippen molar-refractivity contribution in [2.75, 3.05) is 20.1 Å². The Bertz CT molecular complexity index is 1330. The summed E-state index contributed by atoms with van der Waals surface area (Å²) in [5.41, 5.74) is 0.932. The van der Waals surface area contributed by atoms with E-state index in [0.717, 1.165) is 4.83 Å². The molecule has 1 aliphatic rings. The average Bonchev–Trinajstić information content (AvgIpc) is 3.48. The van der Waals surface area contributed by atoms with Gasteiger partial charge in [0, 0.05) is 43.8 Å². The third-order valence-corrected chi connectivity index (χ3v) is 6.75. The fourth-order valence-electron chi connectivity index (χ4n) is 3.97. The molecule has 0 bridgehead atoms. The Labute approximate surface area is 199 Å². The molecule has 2 amide bonds. The van der Waals surface area contributed by atoms with Crippen LogP contribution in [0.4, 0.5) is 4.79 Å². The number of ether oxygens (including phenoxy) is 1. The number of para-hydroxylation sites is 1. The smallest absolute Gasteiger partial charge is 0.407 e. The Kier molecular flexibility index (Phi) is 5.84. The fraction of sp³-hybridized carbons (Fsp3) is 0.261. The summed E-state index contributed by atoms with van der Waals surface area (Å²) in [5.74, 6) is 0.970. The normalized spacial score (nSPS) is 14.3. The number of piperidine rings is 1. The monoisotopic (exact) mass is 478 g/mol. The Morgan fingerprint density at radius 2 is 1.94 bits per heavy atom. The fourth-order valence-corrected chi connectivity index (χ4v) is 4.76. The molecule has 0 unspecified atom stereocenters. The van der Waals surface area contributed by atoms with Crippen LogP contribution in [0.15, 0.2) is 54.2 Å². The van der Waals surface area contributed by atoms with Gasteiger partial charge >= 0.3 is 6.09 Å². The molecule has 0 radical (unpaired) electrons. The van der Waals surface area contributed by atoms with Crippen LogP contribution >= 0.6 is 11.3 Å². The van der Waals surface area contributed by atoms with Gasteiger partial charge in [-0.25, -0.2) is 14.3 Å². The van der Waals surface area contributed by atoms with Gasteiger partial charge < -0.3 is 19.6 Å². The summed E-state index contributed by atoms with van der Waals surface area (Å²) in [6.07, 6.45) is 3.69. The first-order valence-corrected chi connectivity index (χ1v) is 11.7. The molecule has 4 heterocycles. The van der Waals surface area contributed by atoms with Gasteiger partial charge in [-0.05, 0) is 25.0 Å². The lowest BCUT2D eigenvalue weighted by Gasteiger charge is -2.35. The lowest BCUT2D eigenvalue weighted by Crippen LogP contribution is -2.47. The molecule has 0 saturated carbocycles. The highest BCUT2D eigenvalue weighted by Gasteiger charge is 2.29. The Hall–Kier alpha value is -3.99. The van der Waals surface area contributed by atoms with Crippen LogP contribution in [0.3, 0.4) is 0 Å². The van der Waals surface area contributed by atoms with Gasteiger partial charge in [0.25, 0.3) is 5.91 Å². The first kappa shape index (κ1) is 21.8. The summed E-state index contributed by atoms with van der Waals surface area (Å²) < 4.78 is 7.68. The van der Waals surface area contributed by atoms with E-state index in [-0.39, 0.29) is 23.5 Å². The van der Waals surface area contributed by atoms with Gasteiger partial charge in [-0.15, -0.1) is 11.3 Å². The molecule has 0 spiro atoms. The molecule has 1 fully saturated rings. The number of fused-ring (bicyclic) bond motifs is 1. The summed E-state index contributed by atoms with van der Waals surface area (Å²) in [4.78, 5) is 37.6. The number of carbonyl (C=O) groups excluding carboxylic acids is 1. The van der Waals surface area contributed by atoms with Crippen molar-refractivity contribution >= 4 is 28.2 Å². The van der Waals surface area contributed by atoms with Crippen molar-refractivity contribution in [2.24, 2.45) is 0 Å².